The Morgan fingerprint density at radius 1 is 1.31 bits per heavy atom. The van der Waals surface area contributed by atoms with Crippen LogP contribution in [0.15, 0.2) is 24.3 Å². The topological polar surface area (TPSA) is 41.6 Å². The number of halogens is 1. The van der Waals surface area contributed by atoms with Gasteiger partial charge in [-0.2, -0.15) is 0 Å². The van der Waals surface area contributed by atoms with Crippen molar-refractivity contribution in [2.45, 2.75) is 12.1 Å². The van der Waals surface area contributed by atoms with Gasteiger partial charge in [0, 0.05) is 18.8 Å². The normalized spacial score (nSPS) is 28.1. The lowest BCUT2D eigenvalue weighted by molar-refractivity contribution is 0.143. The molecule has 2 fully saturated rings. The molecule has 0 aromatic heterocycles. The first-order valence-corrected chi connectivity index (χ1v) is 5.22. The van der Waals surface area contributed by atoms with E-state index in [0.29, 0.717) is 18.8 Å². The van der Waals surface area contributed by atoms with E-state index in [1.807, 2.05) is 0 Å². The fourth-order valence-corrected chi connectivity index (χ4v) is 2.24. The second-order valence-electron chi connectivity index (χ2n) is 3.99. The first kappa shape index (κ1) is 9.59. The molecule has 3 rings (SSSR count). The zero-order valence-electron chi connectivity index (χ0n) is 8.52. The molecule has 1 aromatic carbocycles. The molecule has 0 spiro atoms. The molecule has 2 saturated heterocycles. The van der Waals surface area contributed by atoms with Crippen LogP contribution in [0.25, 0.3) is 0 Å². The minimum absolute atomic E-state index is 0.0259. The minimum Gasteiger partial charge on any atom is -0.442 e. The van der Waals surface area contributed by atoms with E-state index in [-0.39, 0.29) is 24.1 Å². The molecule has 4 nitrogen and oxygen atoms in total. The fraction of sp³-hybridized carbons (Fsp3) is 0.364. The van der Waals surface area contributed by atoms with Crippen molar-refractivity contribution in [2.24, 2.45) is 0 Å². The third kappa shape index (κ3) is 1.36. The molecule has 2 unspecified atom stereocenters. The maximum absolute atomic E-state index is 12.8. The summed E-state index contributed by atoms with van der Waals surface area (Å²) in [5.41, 5.74) is 0.683. The Hall–Kier alpha value is -1.62. The number of rotatable bonds is 1. The number of benzene rings is 1. The Bertz CT molecular complexity index is 420. The van der Waals surface area contributed by atoms with E-state index < -0.39 is 0 Å². The first-order chi connectivity index (χ1) is 7.75. The highest BCUT2D eigenvalue weighted by molar-refractivity contribution is 5.91. The molecule has 5 heteroatoms. The summed E-state index contributed by atoms with van der Waals surface area (Å²) >= 11 is 0. The Morgan fingerprint density at radius 3 is 2.81 bits per heavy atom. The van der Waals surface area contributed by atoms with Gasteiger partial charge in [0.15, 0.2) is 0 Å². The molecule has 84 valence electrons. The van der Waals surface area contributed by atoms with Gasteiger partial charge in [0.25, 0.3) is 0 Å². The summed E-state index contributed by atoms with van der Waals surface area (Å²) in [5, 5.41) is 3.16. The van der Waals surface area contributed by atoms with Crippen LogP contribution in [0.4, 0.5) is 14.9 Å². The molecule has 2 aliphatic rings. The number of ether oxygens (including phenoxy) is 1. The van der Waals surface area contributed by atoms with E-state index in [2.05, 4.69) is 5.32 Å². The average Bonchev–Trinajstić information content (AvgIpc) is 2.79. The van der Waals surface area contributed by atoms with Crippen molar-refractivity contribution >= 4 is 11.8 Å². The maximum atomic E-state index is 12.8. The number of nitrogens with zero attached hydrogens (tertiary/aromatic N) is 1. The highest BCUT2D eigenvalue weighted by Gasteiger charge is 2.45. The number of fused-ring (bicyclic) bond motifs is 1. The van der Waals surface area contributed by atoms with Gasteiger partial charge in [0.05, 0.1) is 6.04 Å². The molecule has 2 atom stereocenters. The van der Waals surface area contributed by atoms with Crippen LogP contribution in [0.3, 0.4) is 0 Å². The van der Waals surface area contributed by atoms with E-state index >= 15 is 0 Å². The molecule has 1 amide bonds. The number of hydrogen-bond donors (Lipinski definition) is 1. The van der Waals surface area contributed by atoms with Crippen molar-refractivity contribution in [2.75, 3.05) is 18.0 Å². The van der Waals surface area contributed by atoms with Crippen LogP contribution in [0.2, 0.25) is 0 Å². The summed E-state index contributed by atoms with van der Waals surface area (Å²) in [4.78, 5) is 13.2. The predicted octanol–water partition coefficient (Wildman–Crippen LogP) is 1.12. The molecule has 0 aliphatic carbocycles. The van der Waals surface area contributed by atoms with Gasteiger partial charge in [-0.05, 0) is 24.3 Å². The molecule has 2 aliphatic heterocycles. The van der Waals surface area contributed by atoms with E-state index in [1.165, 1.54) is 12.1 Å². The van der Waals surface area contributed by atoms with Crippen LogP contribution in [-0.4, -0.2) is 31.3 Å². The lowest BCUT2D eigenvalue weighted by atomic mass is 10.2. The van der Waals surface area contributed by atoms with Gasteiger partial charge >= 0.3 is 6.09 Å². The van der Waals surface area contributed by atoms with E-state index in [1.54, 1.807) is 17.0 Å². The van der Waals surface area contributed by atoms with Crippen LogP contribution < -0.4 is 10.2 Å². The predicted molar refractivity (Wildman–Crippen MR) is 55.8 cm³/mol. The molecule has 2 heterocycles. The Kier molecular flexibility index (Phi) is 2.07. The van der Waals surface area contributed by atoms with Gasteiger partial charge in [-0.1, -0.05) is 0 Å². The summed E-state index contributed by atoms with van der Waals surface area (Å²) < 4.78 is 18.0. The van der Waals surface area contributed by atoms with Gasteiger partial charge in [0.2, 0.25) is 0 Å². The van der Waals surface area contributed by atoms with E-state index in [4.69, 9.17) is 4.74 Å². The molecule has 1 N–H and O–H groups in total. The van der Waals surface area contributed by atoms with E-state index in [0.717, 1.165) is 0 Å². The molecular formula is C11H11FN2O2. The smallest absolute Gasteiger partial charge is 0.415 e. The summed E-state index contributed by atoms with van der Waals surface area (Å²) in [6.45, 7) is 1.40. The number of amides is 1. The molecule has 1 aromatic rings. The summed E-state index contributed by atoms with van der Waals surface area (Å²) in [6.07, 6.45) is -0.430. The zero-order valence-corrected chi connectivity index (χ0v) is 8.52. The van der Waals surface area contributed by atoms with Crippen LogP contribution in [-0.2, 0) is 4.74 Å². The SMILES string of the molecule is O=C1OC2CNCC2N1c1ccc(F)cc1. The van der Waals surface area contributed by atoms with Crippen LogP contribution >= 0.6 is 0 Å². The second kappa shape index (κ2) is 3.45. The Labute approximate surface area is 92.0 Å². The van der Waals surface area contributed by atoms with Crippen molar-refractivity contribution in [1.82, 2.24) is 5.32 Å². The van der Waals surface area contributed by atoms with Crippen LogP contribution in [0.1, 0.15) is 0 Å². The minimum atomic E-state index is -0.344. The summed E-state index contributed by atoms with van der Waals surface area (Å²) in [5.74, 6) is -0.308. The summed E-state index contributed by atoms with van der Waals surface area (Å²) in [6, 6.07) is 5.91. The van der Waals surface area contributed by atoms with Crippen molar-refractivity contribution in [3.8, 4) is 0 Å². The third-order valence-corrected chi connectivity index (χ3v) is 3.01. The van der Waals surface area contributed by atoms with Gasteiger partial charge in [-0.3, -0.25) is 4.90 Å². The standard InChI is InChI=1S/C11H11FN2O2/c12-7-1-3-8(4-2-7)14-9-5-13-6-10(9)16-11(14)15/h1-4,9-10,13H,5-6H2. The Balaban J connectivity index is 1.93. The highest BCUT2D eigenvalue weighted by atomic mass is 19.1. The molecular weight excluding hydrogens is 211 g/mol. The van der Waals surface area contributed by atoms with Crippen LogP contribution in [0, 0.1) is 5.82 Å². The third-order valence-electron chi connectivity index (χ3n) is 3.01. The number of hydrogen-bond acceptors (Lipinski definition) is 3. The first-order valence-electron chi connectivity index (χ1n) is 5.22. The zero-order chi connectivity index (χ0) is 11.1. The monoisotopic (exact) mass is 222 g/mol. The molecule has 16 heavy (non-hydrogen) atoms. The number of carbonyl (C=O) groups is 1. The van der Waals surface area contributed by atoms with Crippen molar-refractivity contribution in [3.05, 3.63) is 30.1 Å². The summed E-state index contributed by atoms with van der Waals surface area (Å²) in [7, 11) is 0. The number of nitrogens with one attached hydrogen (secondary N) is 1. The maximum Gasteiger partial charge on any atom is 0.415 e. The van der Waals surface area contributed by atoms with Crippen LogP contribution in [0.5, 0.6) is 0 Å². The average molecular weight is 222 g/mol. The van der Waals surface area contributed by atoms with E-state index in [9.17, 15) is 9.18 Å². The van der Waals surface area contributed by atoms with Crippen molar-refractivity contribution in [1.29, 1.82) is 0 Å². The Morgan fingerprint density at radius 2 is 2.06 bits per heavy atom. The lowest BCUT2D eigenvalue weighted by Gasteiger charge is -2.19. The number of anilines is 1. The lowest BCUT2D eigenvalue weighted by Crippen LogP contribution is -2.37. The molecule has 0 saturated carbocycles. The molecule has 0 bridgehead atoms. The van der Waals surface area contributed by atoms with Crippen molar-refractivity contribution in [3.63, 3.8) is 0 Å². The van der Waals surface area contributed by atoms with Crippen molar-refractivity contribution < 1.29 is 13.9 Å². The number of carbonyl (C=O) groups excluding carboxylic acids is 1. The quantitative estimate of drug-likeness (QED) is 0.774. The fourth-order valence-electron chi connectivity index (χ4n) is 2.24. The highest BCUT2D eigenvalue weighted by Crippen LogP contribution is 2.28. The van der Waals surface area contributed by atoms with Gasteiger partial charge in [-0.15, -0.1) is 0 Å². The van der Waals surface area contributed by atoms with Gasteiger partial charge < -0.3 is 10.1 Å². The second-order valence-corrected chi connectivity index (χ2v) is 3.99. The molecule has 0 radical (unpaired) electrons. The van der Waals surface area contributed by atoms with Gasteiger partial charge in [-0.25, -0.2) is 9.18 Å². The largest absolute Gasteiger partial charge is 0.442 e. The van der Waals surface area contributed by atoms with Gasteiger partial charge in [0.1, 0.15) is 11.9 Å².